The van der Waals surface area contributed by atoms with E-state index in [1.165, 1.54) is 6.42 Å². The van der Waals surface area contributed by atoms with E-state index in [4.69, 9.17) is 16.3 Å². The van der Waals surface area contributed by atoms with Crippen molar-refractivity contribution in [2.75, 3.05) is 0 Å². The Morgan fingerprint density at radius 2 is 2.00 bits per heavy atom. The molecule has 0 N–H and O–H groups in total. The van der Waals surface area contributed by atoms with Crippen molar-refractivity contribution in [1.29, 1.82) is 0 Å². The molecular formula is C14H17ClO2. The minimum atomic E-state index is -0.235. The molecule has 92 valence electrons. The van der Waals surface area contributed by atoms with Crippen LogP contribution in [0.15, 0.2) is 24.3 Å². The van der Waals surface area contributed by atoms with Crippen LogP contribution >= 0.6 is 11.6 Å². The first kappa shape index (κ1) is 12.4. The fourth-order valence-corrected chi connectivity index (χ4v) is 2.42. The first-order chi connectivity index (χ1) is 8.15. The first-order valence-electron chi connectivity index (χ1n) is 6.11. The van der Waals surface area contributed by atoms with Crippen molar-refractivity contribution in [3.63, 3.8) is 0 Å². The second kappa shape index (κ2) is 5.54. The van der Waals surface area contributed by atoms with Crippen LogP contribution in [0, 0.1) is 5.92 Å². The highest BCUT2D eigenvalue weighted by Gasteiger charge is 2.22. The van der Waals surface area contributed by atoms with Crippen molar-refractivity contribution in [2.24, 2.45) is 5.92 Å². The van der Waals surface area contributed by atoms with Gasteiger partial charge in [-0.25, -0.2) is 4.79 Å². The summed E-state index contributed by atoms with van der Waals surface area (Å²) in [7, 11) is 0. The quantitative estimate of drug-likeness (QED) is 0.742. The van der Waals surface area contributed by atoms with Crippen molar-refractivity contribution in [1.82, 2.24) is 0 Å². The predicted molar refractivity (Wildman–Crippen MR) is 68.3 cm³/mol. The van der Waals surface area contributed by atoms with Gasteiger partial charge in [0.15, 0.2) is 0 Å². The summed E-state index contributed by atoms with van der Waals surface area (Å²) in [4.78, 5) is 11.9. The van der Waals surface area contributed by atoms with Crippen LogP contribution in [-0.2, 0) is 4.74 Å². The average molecular weight is 253 g/mol. The van der Waals surface area contributed by atoms with Crippen LogP contribution in [0.4, 0.5) is 0 Å². The van der Waals surface area contributed by atoms with Crippen LogP contribution in [0.1, 0.15) is 43.0 Å². The van der Waals surface area contributed by atoms with Gasteiger partial charge in [0.05, 0.1) is 5.56 Å². The van der Waals surface area contributed by atoms with Crippen LogP contribution < -0.4 is 0 Å². The largest absolute Gasteiger partial charge is 0.459 e. The van der Waals surface area contributed by atoms with E-state index in [1.54, 1.807) is 24.3 Å². The lowest BCUT2D eigenvalue weighted by Gasteiger charge is -2.26. The van der Waals surface area contributed by atoms with E-state index < -0.39 is 0 Å². The molecule has 0 radical (unpaired) electrons. The molecule has 2 nitrogen and oxygen atoms in total. The van der Waals surface area contributed by atoms with E-state index in [0.717, 1.165) is 19.3 Å². The van der Waals surface area contributed by atoms with Crippen LogP contribution in [0.25, 0.3) is 0 Å². The topological polar surface area (TPSA) is 26.3 Å². The molecule has 0 heterocycles. The van der Waals surface area contributed by atoms with Gasteiger partial charge in [0.25, 0.3) is 0 Å². The van der Waals surface area contributed by atoms with Crippen molar-refractivity contribution >= 4 is 17.6 Å². The molecule has 1 aliphatic carbocycles. The number of halogens is 1. The summed E-state index contributed by atoms with van der Waals surface area (Å²) in [6.07, 6.45) is 4.46. The number of hydrogen-bond acceptors (Lipinski definition) is 2. The van der Waals surface area contributed by atoms with Gasteiger partial charge in [0.1, 0.15) is 6.10 Å². The molecule has 2 rings (SSSR count). The molecule has 1 aromatic carbocycles. The van der Waals surface area contributed by atoms with Gasteiger partial charge in [0.2, 0.25) is 0 Å². The molecule has 1 fully saturated rings. The number of carbonyl (C=O) groups excluding carboxylic acids is 1. The SMILES string of the molecule is CC1CCCC(OC(=O)c2ccc(Cl)cc2)C1. The number of rotatable bonds is 2. The normalized spacial score (nSPS) is 24.4. The smallest absolute Gasteiger partial charge is 0.338 e. The molecule has 0 aliphatic heterocycles. The van der Waals surface area contributed by atoms with Gasteiger partial charge in [-0.2, -0.15) is 0 Å². The Kier molecular flexibility index (Phi) is 4.06. The summed E-state index contributed by atoms with van der Waals surface area (Å²) in [5.74, 6) is 0.424. The molecule has 2 unspecified atom stereocenters. The van der Waals surface area contributed by atoms with E-state index in [1.807, 2.05) is 0 Å². The molecule has 3 heteroatoms. The summed E-state index contributed by atoms with van der Waals surface area (Å²) in [5, 5.41) is 0.632. The van der Waals surface area contributed by atoms with Gasteiger partial charge in [-0.15, -0.1) is 0 Å². The number of benzene rings is 1. The third-order valence-corrected chi connectivity index (χ3v) is 3.49. The molecule has 0 saturated heterocycles. The number of esters is 1. The van der Waals surface area contributed by atoms with Crippen molar-refractivity contribution < 1.29 is 9.53 Å². The van der Waals surface area contributed by atoms with Crippen molar-refractivity contribution in [3.05, 3.63) is 34.9 Å². The Hall–Kier alpha value is -1.02. The zero-order valence-electron chi connectivity index (χ0n) is 9.99. The summed E-state index contributed by atoms with van der Waals surface area (Å²) >= 11 is 5.78. The summed E-state index contributed by atoms with van der Waals surface area (Å²) in [5.41, 5.74) is 0.577. The fraction of sp³-hybridized carbons (Fsp3) is 0.500. The van der Waals surface area contributed by atoms with Gasteiger partial charge < -0.3 is 4.74 Å². The Balaban J connectivity index is 1.94. The van der Waals surface area contributed by atoms with Gasteiger partial charge in [-0.05, 0) is 49.4 Å². The van der Waals surface area contributed by atoms with E-state index in [0.29, 0.717) is 16.5 Å². The van der Waals surface area contributed by atoms with E-state index in [2.05, 4.69) is 6.92 Å². The monoisotopic (exact) mass is 252 g/mol. The highest BCUT2D eigenvalue weighted by atomic mass is 35.5. The average Bonchev–Trinajstić information content (AvgIpc) is 2.29. The molecule has 1 saturated carbocycles. The zero-order chi connectivity index (χ0) is 12.3. The molecule has 0 spiro atoms. The molecule has 0 amide bonds. The van der Waals surface area contributed by atoms with Crippen molar-refractivity contribution in [3.8, 4) is 0 Å². The van der Waals surface area contributed by atoms with Gasteiger partial charge >= 0.3 is 5.97 Å². The van der Waals surface area contributed by atoms with E-state index in [-0.39, 0.29) is 12.1 Å². The minimum Gasteiger partial charge on any atom is -0.459 e. The summed E-state index contributed by atoms with van der Waals surface area (Å²) in [6, 6.07) is 6.83. The van der Waals surface area contributed by atoms with Crippen LogP contribution in [-0.4, -0.2) is 12.1 Å². The molecule has 1 aromatic rings. The molecule has 2 atom stereocenters. The maximum absolute atomic E-state index is 11.9. The Morgan fingerprint density at radius 3 is 2.65 bits per heavy atom. The number of carbonyl (C=O) groups is 1. The number of hydrogen-bond donors (Lipinski definition) is 0. The third-order valence-electron chi connectivity index (χ3n) is 3.24. The second-order valence-corrected chi connectivity index (χ2v) is 5.24. The molecule has 0 aromatic heterocycles. The van der Waals surface area contributed by atoms with E-state index in [9.17, 15) is 4.79 Å². The highest BCUT2D eigenvalue weighted by molar-refractivity contribution is 6.30. The lowest BCUT2D eigenvalue weighted by molar-refractivity contribution is 0.0155. The van der Waals surface area contributed by atoms with Crippen molar-refractivity contribution in [2.45, 2.75) is 38.7 Å². The standard InChI is InChI=1S/C14H17ClO2/c1-10-3-2-4-13(9-10)17-14(16)11-5-7-12(15)8-6-11/h5-8,10,13H,2-4,9H2,1H3. The lowest BCUT2D eigenvalue weighted by Crippen LogP contribution is -2.24. The summed E-state index contributed by atoms with van der Waals surface area (Å²) in [6.45, 7) is 2.21. The molecule has 0 bridgehead atoms. The Bertz CT molecular complexity index is 386. The maximum Gasteiger partial charge on any atom is 0.338 e. The fourth-order valence-electron chi connectivity index (χ4n) is 2.29. The van der Waals surface area contributed by atoms with Crippen LogP contribution in [0.5, 0.6) is 0 Å². The van der Waals surface area contributed by atoms with Gasteiger partial charge in [-0.1, -0.05) is 24.9 Å². The van der Waals surface area contributed by atoms with Gasteiger partial charge in [-0.3, -0.25) is 0 Å². The molecule has 1 aliphatic rings. The summed E-state index contributed by atoms with van der Waals surface area (Å²) < 4.78 is 5.51. The van der Waals surface area contributed by atoms with Crippen LogP contribution in [0.2, 0.25) is 5.02 Å². The Morgan fingerprint density at radius 1 is 1.29 bits per heavy atom. The molecule has 17 heavy (non-hydrogen) atoms. The third kappa shape index (κ3) is 3.47. The zero-order valence-corrected chi connectivity index (χ0v) is 10.7. The molecular weight excluding hydrogens is 236 g/mol. The van der Waals surface area contributed by atoms with Crippen LogP contribution in [0.3, 0.4) is 0 Å². The predicted octanol–water partition coefficient (Wildman–Crippen LogP) is 4.08. The maximum atomic E-state index is 11.9. The minimum absolute atomic E-state index is 0.0851. The lowest BCUT2D eigenvalue weighted by atomic mass is 9.89. The second-order valence-electron chi connectivity index (χ2n) is 4.81. The number of ether oxygens (including phenoxy) is 1. The highest BCUT2D eigenvalue weighted by Crippen LogP contribution is 2.26. The Labute approximate surface area is 107 Å². The van der Waals surface area contributed by atoms with Gasteiger partial charge in [0, 0.05) is 5.02 Å². The van der Waals surface area contributed by atoms with E-state index >= 15 is 0 Å². The first-order valence-corrected chi connectivity index (χ1v) is 6.49.